The third-order valence-corrected chi connectivity index (χ3v) is 4.10. The Hall–Kier alpha value is -3.56. The van der Waals surface area contributed by atoms with Gasteiger partial charge in [0.1, 0.15) is 17.0 Å². The maximum absolute atomic E-state index is 12.0. The maximum atomic E-state index is 12.0. The predicted octanol–water partition coefficient (Wildman–Crippen LogP) is 2.79. The average Bonchev–Trinajstić information content (AvgIpc) is 2.57. The normalized spacial score (nSPS) is 10.3. The summed E-state index contributed by atoms with van der Waals surface area (Å²) < 4.78 is 0. The number of thiocyanates is 1. The molecule has 0 bridgehead atoms. The minimum Gasteiger partial charge on any atom is -0.494 e. The van der Waals surface area contributed by atoms with Crippen LogP contribution in [0.4, 0.5) is 10.5 Å². The first-order chi connectivity index (χ1) is 12.4. The van der Waals surface area contributed by atoms with Crippen molar-refractivity contribution in [2.45, 2.75) is 18.7 Å². The van der Waals surface area contributed by atoms with Crippen LogP contribution >= 0.6 is 11.8 Å². The highest BCUT2D eigenvalue weighted by molar-refractivity contribution is 8.03. The van der Waals surface area contributed by atoms with Crippen molar-refractivity contribution in [3.8, 4) is 17.4 Å². The van der Waals surface area contributed by atoms with Gasteiger partial charge in [0.05, 0.1) is 5.56 Å². The number of anilines is 1. The lowest BCUT2D eigenvalue weighted by molar-refractivity contribution is 0.259. The fraction of sp³-hybridized carbons (Fsp3) is 0.118. The van der Waals surface area contributed by atoms with E-state index >= 15 is 0 Å². The Balaban J connectivity index is 2.23. The molecule has 2 rings (SSSR count). The van der Waals surface area contributed by atoms with E-state index in [0.717, 1.165) is 28.4 Å². The largest absolute Gasteiger partial charge is 0.494 e. The van der Waals surface area contributed by atoms with Crippen molar-refractivity contribution in [1.82, 2.24) is 4.98 Å². The number of pyridine rings is 1. The van der Waals surface area contributed by atoms with Crippen molar-refractivity contribution in [1.29, 1.82) is 10.5 Å². The second-order valence-electron chi connectivity index (χ2n) is 5.19. The molecule has 0 radical (unpaired) electrons. The quantitative estimate of drug-likeness (QED) is 0.432. The number of urea groups is 1. The van der Waals surface area contributed by atoms with Crippen LogP contribution in [0.25, 0.3) is 0 Å². The number of aromatic amines is 1. The fourth-order valence-electron chi connectivity index (χ4n) is 2.18. The number of aromatic nitrogens is 1. The van der Waals surface area contributed by atoms with Crippen LogP contribution in [0, 0.1) is 35.8 Å². The number of rotatable bonds is 3. The molecule has 8 nitrogen and oxygen atoms in total. The second-order valence-corrected chi connectivity index (χ2v) is 6.04. The van der Waals surface area contributed by atoms with Crippen LogP contribution in [0.15, 0.2) is 32.9 Å². The summed E-state index contributed by atoms with van der Waals surface area (Å²) in [5.41, 5.74) is 0.701. The number of nitrogens with zero attached hydrogens (tertiary/aromatic N) is 3. The van der Waals surface area contributed by atoms with Crippen molar-refractivity contribution in [2.24, 2.45) is 4.99 Å². The molecule has 1 aromatic carbocycles. The van der Waals surface area contributed by atoms with E-state index in [4.69, 9.17) is 10.5 Å². The Morgan fingerprint density at radius 3 is 2.73 bits per heavy atom. The number of aliphatic imine (C=N–C) groups is 1. The van der Waals surface area contributed by atoms with Gasteiger partial charge in [-0.05, 0) is 54.9 Å². The number of amides is 2. The molecule has 26 heavy (non-hydrogen) atoms. The molecular weight excluding hydrogens is 354 g/mol. The Bertz CT molecular complexity index is 1040. The Morgan fingerprint density at radius 1 is 1.38 bits per heavy atom. The van der Waals surface area contributed by atoms with Gasteiger partial charge in [0.25, 0.3) is 5.56 Å². The monoisotopic (exact) mass is 367 g/mol. The topological polar surface area (TPSA) is 142 Å². The number of hydrogen-bond donors (Lipinski definition) is 3. The molecule has 1 heterocycles. The lowest BCUT2D eigenvalue weighted by Crippen LogP contribution is -2.14. The van der Waals surface area contributed by atoms with Gasteiger partial charge in [-0.2, -0.15) is 10.5 Å². The van der Waals surface area contributed by atoms with Gasteiger partial charge in [-0.15, -0.1) is 0 Å². The van der Waals surface area contributed by atoms with Gasteiger partial charge in [-0.25, -0.2) is 9.79 Å². The minimum absolute atomic E-state index is 0.0776. The third kappa shape index (κ3) is 4.09. The highest BCUT2D eigenvalue weighted by Crippen LogP contribution is 2.23. The van der Waals surface area contributed by atoms with E-state index < -0.39 is 17.5 Å². The average molecular weight is 367 g/mol. The molecule has 2 amide bonds. The van der Waals surface area contributed by atoms with Gasteiger partial charge < -0.3 is 10.4 Å². The molecule has 0 aliphatic carbocycles. The smallest absolute Gasteiger partial charge is 0.345 e. The molecule has 0 saturated heterocycles. The van der Waals surface area contributed by atoms with Gasteiger partial charge in [0.15, 0.2) is 0 Å². The number of carbonyl (C=O) groups is 1. The SMILES string of the molecule is Cc1cc(SC#N)ccc1NC(=O)/N=C/c1c(O)[nH]c(=O)c(C#N)c1C. The Morgan fingerprint density at radius 2 is 2.12 bits per heavy atom. The number of aryl methyl sites for hydroxylation is 1. The van der Waals surface area contributed by atoms with Gasteiger partial charge in [-0.3, -0.25) is 9.78 Å². The molecule has 0 saturated carbocycles. The molecule has 0 unspecified atom stereocenters. The van der Waals surface area contributed by atoms with Crippen molar-refractivity contribution in [3.63, 3.8) is 0 Å². The number of nitrogens with one attached hydrogen (secondary N) is 2. The van der Waals surface area contributed by atoms with Gasteiger partial charge >= 0.3 is 6.03 Å². The van der Waals surface area contributed by atoms with Crippen molar-refractivity contribution >= 4 is 29.7 Å². The number of aromatic hydroxyl groups is 1. The zero-order valence-corrected chi connectivity index (χ0v) is 14.6. The summed E-state index contributed by atoms with van der Waals surface area (Å²) in [6, 6.07) is 6.14. The van der Waals surface area contributed by atoms with Crippen molar-refractivity contribution < 1.29 is 9.90 Å². The summed E-state index contributed by atoms with van der Waals surface area (Å²) in [5.74, 6) is -0.475. The number of thioether (sulfide) groups is 1. The molecule has 0 aliphatic rings. The zero-order valence-electron chi connectivity index (χ0n) is 13.8. The number of benzene rings is 1. The Kier molecular flexibility index (Phi) is 5.78. The fourth-order valence-corrected chi connectivity index (χ4v) is 2.65. The number of carbonyl (C=O) groups excluding carboxylic acids is 1. The first kappa shape index (κ1) is 18.8. The molecule has 0 fully saturated rings. The summed E-state index contributed by atoms with van der Waals surface area (Å²) in [6.45, 7) is 3.25. The van der Waals surface area contributed by atoms with Crippen LogP contribution in [0.1, 0.15) is 22.3 Å². The first-order valence-corrected chi connectivity index (χ1v) is 8.06. The van der Waals surface area contributed by atoms with E-state index in [1.165, 1.54) is 6.92 Å². The molecule has 1 aromatic heterocycles. The van der Waals surface area contributed by atoms with E-state index in [1.807, 2.05) is 5.40 Å². The van der Waals surface area contributed by atoms with E-state index in [9.17, 15) is 14.7 Å². The lowest BCUT2D eigenvalue weighted by Gasteiger charge is -2.07. The summed E-state index contributed by atoms with van der Waals surface area (Å²) in [4.78, 5) is 30.1. The van der Waals surface area contributed by atoms with Crippen molar-refractivity contribution in [3.05, 3.63) is 50.8 Å². The predicted molar refractivity (Wildman–Crippen MR) is 97.4 cm³/mol. The molecule has 0 aliphatic heterocycles. The molecule has 0 atom stereocenters. The van der Waals surface area contributed by atoms with Crippen LogP contribution < -0.4 is 10.9 Å². The van der Waals surface area contributed by atoms with E-state index in [1.54, 1.807) is 31.2 Å². The molecule has 9 heteroatoms. The molecule has 3 N–H and O–H groups in total. The Labute approximate surface area is 152 Å². The number of nitriles is 2. The lowest BCUT2D eigenvalue weighted by atomic mass is 10.1. The number of hydrogen-bond acceptors (Lipinski definition) is 6. The molecule has 2 aromatic rings. The molecule has 0 spiro atoms. The van der Waals surface area contributed by atoms with Crippen LogP contribution in [-0.2, 0) is 0 Å². The molecular formula is C17H13N5O3S. The number of H-pyrrole nitrogens is 1. The minimum atomic E-state index is -0.713. The third-order valence-electron chi connectivity index (χ3n) is 3.52. The van der Waals surface area contributed by atoms with Crippen LogP contribution in [0.5, 0.6) is 5.88 Å². The van der Waals surface area contributed by atoms with Gasteiger partial charge in [0.2, 0.25) is 5.88 Å². The summed E-state index contributed by atoms with van der Waals surface area (Å²) in [5, 5.41) is 32.0. The first-order valence-electron chi connectivity index (χ1n) is 7.25. The summed E-state index contributed by atoms with van der Waals surface area (Å²) in [7, 11) is 0. The van der Waals surface area contributed by atoms with E-state index in [-0.39, 0.29) is 16.7 Å². The van der Waals surface area contributed by atoms with Gasteiger partial charge in [0, 0.05) is 16.8 Å². The van der Waals surface area contributed by atoms with E-state index in [0.29, 0.717) is 5.69 Å². The summed E-state index contributed by atoms with van der Waals surface area (Å²) >= 11 is 1.01. The zero-order chi connectivity index (χ0) is 19.3. The maximum Gasteiger partial charge on any atom is 0.345 e. The van der Waals surface area contributed by atoms with Crippen molar-refractivity contribution in [2.75, 3.05) is 5.32 Å². The second kappa shape index (κ2) is 8.01. The highest BCUT2D eigenvalue weighted by atomic mass is 32.2. The van der Waals surface area contributed by atoms with Crippen LogP contribution in [0.3, 0.4) is 0 Å². The summed E-state index contributed by atoms with van der Waals surface area (Å²) in [6.07, 6.45) is 1.08. The van der Waals surface area contributed by atoms with Crippen LogP contribution in [0.2, 0.25) is 0 Å². The molecule has 130 valence electrons. The van der Waals surface area contributed by atoms with Gasteiger partial charge in [-0.1, -0.05) is 0 Å². The standard InChI is InChI=1S/C17H13N5O3S/c1-9-5-11(26-8-19)3-4-14(9)21-17(25)20-7-13-10(2)12(6-18)15(23)22-16(13)24/h3-5,7H,1-2H3,(H,21,25)(H2,22,23,24)/b20-7+. The van der Waals surface area contributed by atoms with Crippen LogP contribution in [-0.4, -0.2) is 22.3 Å². The van der Waals surface area contributed by atoms with E-state index in [2.05, 4.69) is 15.3 Å². The highest BCUT2D eigenvalue weighted by Gasteiger charge is 2.13.